The van der Waals surface area contributed by atoms with E-state index in [4.69, 9.17) is 0 Å². The number of hydrogen-bond donors (Lipinski definition) is 0. The van der Waals surface area contributed by atoms with Gasteiger partial charge in [0.1, 0.15) is 0 Å². The number of hydrogen-bond acceptors (Lipinski definition) is 3. The summed E-state index contributed by atoms with van der Waals surface area (Å²) in [5.74, 6) is 0.334. The largest absolute Gasteiger partial charge is 0.417 e. The number of fused-ring (bicyclic) bond motifs is 1. The fraction of sp³-hybridized carbons (Fsp3) is 0.727. The lowest BCUT2D eigenvalue weighted by Gasteiger charge is -2.40. The smallest absolute Gasteiger partial charge is 0.337 e. The van der Waals surface area contributed by atoms with Crippen molar-refractivity contribution in [1.29, 1.82) is 0 Å². The van der Waals surface area contributed by atoms with E-state index in [2.05, 4.69) is 23.7 Å². The Bertz CT molecular complexity index is 773. The molecular weight excluding hydrogens is 379 g/mol. The van der Waals surface area contributed by atoms with Crippen molar-refractivity contribution >= 4 is 5.91 Å². The predicted octanol–water partition coefficient (Wildman–Crippen LogP) is 4.28. The molecule has 0 aromatic carbocycles. The van der Waals surface area contributed by atoms with Crippen molar-refractivity contribution in [3.63, 3.8) is 0 Å². The zero-order valence-corrected chi connectivity index (χ0v) is 17.3. The van der Waals surface area contributed by atoms with Gasteiger partial charge in [-0.1, -0.05) is 13.8 Å². The Morgan fingerprint density at radius 2 is 1.97 bits per heavy atom. The van der Waals surface area contributed by atoms with Crippen molar-refractivity contribution in [2.24, 2.45) is 11.3 Å². The van der Waals surface area contributed by atoms with E-state index in [1.165, 1.54) is 18.9 Å². The van der Waals surface area contributed by atoms with Crippen LogP contribution in [0.1, 0.15) is 62.8 Å². The SMILES string of the molecule is CC(C)C1(C(=O)N2CCc3ncc(C(F)(F)F)cc3C2)CCC(N2CCCC2)C1. The van der Waals surface area contributed by atoms with Gasteiger partial charge in [0, 0.05) is 37.4 Å². The van der Waals surface area contributed by atoms with Crippen molar-refractivity contribution < 1.29 is 18.0 Å². The molecule has 1 aliphatic carbocycles. The van der Waals surface area contributed by atoms with Crippen LogP contribution in [-0.4, -0.2) is 46.4 Å². The molecule has 1 aromatic rings. The van der Waals surface area contributed by atoms with Crippen molar-refractivity contribution in [2.45, 2.75) is 71.1 Å². The first-order chi connectivity index (χ1) is 13.7. The molecule has 2 fully saturated rings. The maximum absolute atomic E-state index is 13.7. The van der Waals surface area contributed by atoms with Crippen LogP contribution < -0.4 is 0 Å². The maximum atomic E-state index is 13.7. The summed E-state index contributed by atoms with van der Waals surface area (Å²) in [6.45, 7) is 7.24. The van der Waals surface area contributed by atoms with E-state index in [1.54, 1.807) is 4.90 Å². The molecule has 7 heteroatoms. The lowest BCUT2D eigenvalue weighted by molar-refractivity contribution is -0.146. The molecule has 4 rings (SSSR count). The highest BCUT2D eigenvalue weighted by atomic mass is 19.4. The summed E-state index contributed by atoms with van der Waals surface area (Å²) in [5.41, 5.74) is 0.0772. The Kier molecular flexibility index (Phi) is 5.38. The second-order valence-corrected chi connectivity index (χ2v) is 9.25. The topological polar surface area (TPSA) is 36.4 Å². The number of carbonyl (C=O) groups excluding carboxylic acids is 1. The molecule has 0 spiro atoms. The third-order valence-electron chi connectivity index (χ3n) is 7.37. The molecule has 0 bridgehead atoms. The van der Waals surface area contributed by atoms with Gasteiger partial charge in [0.15, 0.2) is 0 Å². The molecule has 0 N–H and O–H groups in total. The number of pyridine rings is 1. The molecule has 29 heavy (non-hydrogen) atoms. The van der Waals surface area contributed by atoms with Gasteiger partial charge in [-0.2, -0.15) is 13.2 Å². The standard InChI is InChI=1S/C22H30F3N3O/c1-15(2)21(7-5-18(12-21)27-8-3-4-9-27)20(29)28-10-6-19-16(14-28)11-17(13-26-19)22(23,24)25/h11,13,15,18H,3-10,12,14H2,1-2H3. The second kappa shape index (κ2) is 7.56. The normalized spacial score (nSPS) is 28.2. The average Bonchev–Trinajstić information content (AvgIpc) is 3.36. The molecule has 2 aliphatic heterocycles. The summed E-state index contributed by atoms with van der Waals surface area (Å²) < 4.78 is 39.3. The van der Waals surface area contributed by atoms with Crippen LogP contribution in [0.3, 0.4) is 0 Å². The first kappa shape index (κ1) is 20.6. The van der Waals surface area contributed by atoms with Crippen LogP contribution in [0.4, 0.5) is 13.2 Å². The van der Waals surface area contributed by atoms with Crippen LogP contribution in [0, 0.1) is 11.3 Å². The highest BCUT2D eigenvalue weighted by Gasteiger charge is 2.50. The maximum Gasteiger partial charge on any atom is 0.417 e. The molecule has 0 radical (unpaired) electrons. The number of rotatable bonds is 3. The first-order valence-electron chi connectivity index (χ1n) is 10.8. The fourth-order valence-electron chi connectivity index (χ4n) is 5.50. The van der Waals surface area contributed by atoms with E-state index in [1.807, 2.05) is 0 Å². The average molecular weight is 409 g/mol. The van der Waals surface area contributed by atoms with Gasteiger partial charge >= 0.3 is 6.18 Å². The quantitative estimate of drug-likeness (QED) is 0.748. The number of aromatic nitrogens is 1. The van der Waals surface area contributed by atoms with Crippen LogP contribution in [0.5, 0.6) is 0 Å². The van der Waals surface area contributed by atoms with Crippen LogP contribution in [0.15, 0.2) is 12.3 Å². The molecule has 3 aliphatic rings. The molecule has 1 saturated carbocycles. The third kappa shape index (κ3) is 3.78. The zero-order chi connectivity index (χ0) is 20.8. The summed E-state index contributed by atoms with van der Waals surface area (Å²) in [7, 11) is 0. The Balaban J connectivity index is 1.54. The minimum atomic E-state index is -4.41. The second-order valence-electron chi connectivity index (χ2n) is 9.25. The number of amides is 1. The molecule has 2 atom stereocenters. The summed E-state index contributed by atoms with van der Waals surface area (Å²) in [5, 5.41) is 0. The molecule has 1 saturated heterocycles. The van der Waals surface area contributed by atoms with Crippen LogP contribution in [-0.2, 0) is 23.9 Å². The Morgan fingerprint density at radius 3 is 2.62 bits per heavy atom. The third-order valence-corrected chi connectivity index (χ3v) is 7.37. The monoisotopic (exact) mass is 409 g/mol. The fourth-order valence-corrected chi connectivity index (χ4v) is 5.50. The highest BCUT2D eigenvalue weighted by Crippen LogP contribution is 2.48. The number of alkyl halides is 3. The van der Waals surface area contributed by atoms with Gasteiger partial charge in [-0.25, -0.2) is 0 Å². The Hall–Kier alpha value is -1.63. The van der Waals surface area contributed by atoms with E-state index in [9.17, 15) is 18.0 Å². The molecular formula is C22H30F3N3O. The zero-order valence-electron chi connectivity index (χ0n) is 17.3. The van der Waals surface area contributed by atoms with E-state index in [0.29, 0.717) is 30.3 Å². The van der Waals surface area contributed by atoms with E-state index >= 15 is 0 Å². The predicted molar refractivity (Wildman–Crippen MR) is 104 cm³/mol. The first-order valence-corrected chi connectivity index (χ1v) is 10.8. The van der Waals surface area contributed by atoms with Gasteiger partial charge in [0.2, 0.25) is 5.91 Å². The number of nitrogens with zero attached hydrogens (tertiary/aromatic N) is 3. The summed E-state index contributed by atoms with van der Waals surface area (Å²) in [6.07, 6.45) is 2.25. The van der Waals surface area contributed by atoms with Gasteiger partial charge < -0.3 is 9.80 Å². The molecule has 1 aromatic heterocycles. The van der Waals surface area contributed by atoms with Crippen LogP contribution >= 0.6 is 0 Å². The highest BCUT2D eigenvalue weighted by molar-refractivity contribution is 5.83. The Labute approximate surface area is 170 Å². The number of carbonyl (C=O) groups is 1. The minimum absolute atomic E-state index is 0.122. The van der Waals surface area contributed by atoms with Gasteiger partial charge in [0.05, 0.1) is 11.0 Å². The molecule has 2 unspecified atom stereocenters. The molecule has 160 valence electrons. The molecule has 4 nitrogen and oxygen atoms in total. The summed E-state index contributed by atoms with van der Waals surface area (Å²) in [6, 6.07) is 1.63. The van der Waals surface area contributed by atoms with Crippen molar-refractivity contribution in [3.05, 3.63) is 29.1 Å². The lowest BCUT2D eigenvalue weighted by atomic mass is 9.74. The van der Waals surface area contributed by atoms with Gasteiger partial charge in [-0.15, -0.1) is 0 Å². The summed E-state index contributed by atoms with van der Waals surface area (Å²) >= 11 is 0. The summed E-state index contributed by atoms with van der Waals surface area (Å²) in [4.78, 5) is 22.0. The van der Waals surface area contributed by atoms with Crippen LogP contribution in [0.2, 0.25) is 0 Å². The van der Waals surface area contributed by atoms with Gasteiger partial charge in [0.25, 0.3) is 0 Å². The van der Waals surface area contributed by atoms with Crippen molar-refractivity contribution in [1.82, 2.24) is 14.8 Å². The number of likely N-dealkylation sites (tertiary alicyclic amines) is 1. The van der Waals surface area contributed by atoms with Gasteiger partial charge in [-0.3, -0.25) is 9.78 Å². The van der Waals surface area contributed by atoms with E-state index < -0.39 is 17.2 Å². The molecule has 1 amide bonds. The van der Waals surface area contributed by atoms with Gasteiger partial charge in [-0.05, 0) is 62.7 Å². The van der Waals surface area contributed by atoms with E-state index in [0.717, 1.165) is 38.5 Å². The lowest BCUT2D eigenvalue weighted by Crippen LogP contribution is -2.48. The minimum Gasteiger partial charge on any atom is -0.337 e. The van der Waals surface area contributed by atoms with Crippen molar-refractivity contribution in [3.8, 4) is 0 Å². The van der Waals surface area contributed by atoms with E-state index in [-0.39, 0.29) is 18.4 Å². The number of halogens is 3. The molecule has 3 heterocycles. The van der Waals surface area contributed by atoms with Crippen molar-refractivity contribution in [2.75, 3.05) is 19.6 Å². The Morgan fingerprint density at radius 1 is 1.24 bits per heavy atom. The van der Waals surface area contributed by atoms with Crippen LogP contribution in [0.25, 0.3) is 0 Å².